The van der Waals surface area contributed by atoms with E-state index in [1.807, 2.05) is 30.7 Å². The van der Waals surface area contributed by atoms with Gasteiger partial charge in [0.15, 0.2) is 0 Å². The molecule has 19 heavy (non-hydrogen) atoms. The van der Waals surface area contributed by atoms with Gasteiger partial charge in [0.05, 0.1) is 0 Å². The van der Waals surface area contributed by atoms with Crippen LogP contribution in [0.25, 0.3) is 0 Å². The molecule has 1 aliphatic carbocycles. The molecule has 0 aromatic carbocycles. The average Bonchev–Trinajstić information content (AvgIpc) is 2.90. The number of allylic oxidation sites excluding steroid dienone is 4. The van der Waals surface area contributed by atoms with Gasteiger partial charge >= 0.3 is 0 Å². The minimum Gasteiger partial charge on any atom is -0.308 e. The summed E-state index contributed by atoms with van der Waals surface area (Å²) < 4.78 is 0. The zero-order chi connectivity index (χ0) is 14.1. The van der Waals surface area contributed by atoms with Crippen LogP contribution in [0.4, 0.5) is 0 Å². The molecule has 2 nitrogen and oxygen atoms in total. The SMILES string of the molecule is C=C.C=C.CN(C)CCN(C)C.[CH]1C=CC=C1.[Fe].[Li]. The van der Waals surface area contributed by atoms with Gasteiger partial charge in [-0.05, 0) is 28.2 Å². The second kappa shape index (κ2) is 30.8. The first kappa shape index (κ1) is 31.4. The number of hydrogen-bond acceptors (Lipinski definition) is 2. The molecule has 0 aliphatic heterocycles. The monoisotopic (exact) mass is 300 g/mol. The summed E-state index contributed by atoms with van der Waals surface area (Å²) in [5.41, 5.74) is 0. The summed E-state index contributed by atoms with van der Waals surface area (Å²) in [6.07, 6.45) is 10.0. The molecule has 1 aliphatic rings. The van der Waals surface area contributed by atoms with Crippen molar-refractivity contribution in [1.82, 2.24) is 9.80 Å². The van der Waals surface area contributed by atoms with E-state index in [-0.39, 0.29) is 35.9 Å². The van der Waals surface area contributed by atoms with Crippen molar-refractivity contribution in [3.8, 4) is 0 Å². The molecule has 0 spiro atoms. The smallest absolute Gasteiger partial charge is 0.0103 e. The van der Waals surface area contributed by atoms with Gasteiger partial charge in [-0.2, -0.15) is 0 Å². The Kier molecular flexibility index (Phi) is 50.9. The van der Waals surface area contributed by atoms with Crippen molar-refractivity contribution in [3.63, 3.8) is 0 Å². The number of nitrogens with zero attached hydrogens (tertiary/aromatic N) is 2. The summed E-state index contributed by atoms with van der Waals surface area (Å²) in [6, 6.07) is 0. The normalized spacial score (nSPS) is 9.79. The van der Waals surface area contributed by atoms with Crippen molar-refractivity contribution >= 4 is 18.9 Å². The second-order valence-corrected chi connectivity index (χ2v) is 3.57. The van der Waals surface area contributed by atoms with Crippen LogP contribution in [0.1, 0.15) is 0 Å². The van der Waals surface area contributed by atoms with Crippen LogP contribution in [0.15, 0.2) is 50.6 Å². The van der Waals surface area contributed by atoms with Crippen LogP contribution in [-0.4, -0.2) is 69.9 Å². The van der Waals surface area contributed by atoms with Crippen LogP contribution in [0.3, 0.4) is 0 Å². The molecule has 0 aromatic heterocycles. The molecule has 0 N–H and O–H groups in total. The number of likely N-dealkylation sites (N-methyl/N-ethyl adjacent to an activating group) is 2. The van der Waals surface area contributed by atoms with Crippen molar-refractivity contribution < 1.29 is 17.1 Å². The molecule has 0 bridgehead atoms. The molecule has 0 fully saturated rings. The Hall–Kier alpha value is -0.00312. The molecule has 108 valence electrons. The first-order chi connectivity index (χ1) is 8.13. The molecule has 0 amide bonds. The second-order valence-electron chi connectivity index (χ2n) is 3.57. The van der Waals surface area contributed by atoms with Gasteiger partial charge in [0.1, 0.15) is 0 Å². The van der Waals surface area contributed by atoms with Crippen LogP contribution < -0.4 is 0 Å². The summed E-state index contributed by atoms with van der Waals surface area (Å²) in [5.74, 6) is 0. The maximum Gasteiger partial charge on any atom is 0.0103 e. The molecular weight excluding hydrogens is 271 g/mol. The van der Waals surface area contributed by atoms with E-state index in [0.29, 0.717) is 0 Å². The van der Waals surface area contributed by atoms with Crippen molar-refractivity contribution in [2.75, 3.05) is 41.3 Å². The van der Waals surface area contributed by atoms with Gasteiger partial charge in [-0.1, -0.05) is 24.3 Å². The van der Waals surface area contributed by atoms with Gasteiger partial charge in [0, 0.05) is 55.4 Å². The Morgan fingerprint density at radius 3 is 1.05 bits per heavy atom. The zero-order valence-corrected chi connectivity index (χ0v) is 14.5. The van der Waals surface area contributed by atoms with Gasteiger partial charge in [-0.3, -0.25) is 0 Å². The average molecular weight is 300 g/mol. The van der Waals surface area contributed by atoms with Crippen LogP contribution in [0, 0.1) is 6.42 Å². The van der Waals surface area contributed by atoms with Crippen molar-refractivity contribution in [2.24, 2.45) is 0 Å². The fraction of sp³-hybridized carbons (Fsp3) is 0.400. The predicted octanol–water partition coefficient (Wildman–Crippen LogP) is 2.65. The molecule has 0 aromatic rings. The zero-order valence-electron chi connectivity index (χ0n) is 13.4. The number of rotatable bonds is 3. The summed E-state index contributed by atoms with van der Waals surface area (Å²) in [7, 11) is 8.35. The minimum absolute atomic E-state index is 0. The Morgan fingerprint density at radius 1 is 0.684 bits per heavy atom. The van der Waals surface area contributed by atoms with Crippen molar-refractivity contribution in [2.45, 2.75) is 0 Å². The molecule has 0 atom stereocenters. The predicted molar refractivity (Wildman–Crippen MR) is 88.0 cm³/mol. The summed E-state index contributed by atoms with van der Waals surface area (Å²) in [4.78, 5) is 4.36. The van der Waals surface area contributed by atoms with Gasteiger partial charge < -0.3 is 9.80 Å². The molecule has 0 unspecified atom stereocenters. The Morgan fingerprint density at radius 2 is 0.947 bits per heavy atom. The maximum atomic E-state index is 3.00. The molecule has 0 saturated carbocycles. The molecule has 4 heteroatoms. The van der Waals surface area contributed by atoms with E-state index in [0.717, 1.165) is 13.1 Å². The third-order valence-electron chi connectivity index (χ3n) is 1.55. The van der Waals surface area contributed by atoms with Crippen LogP contribution >= 0.6 is 0 Å². The Balaban J connectivity index is -0.0000000519. The molecular formula is C15H29FeLiN2. The molecule has 2 radical (unpaired) electrons. The van der Waals surface area contributed by atoms with E-state index in [2.05, 4.69) is 64.3 Å². The van der Waals surface area contributed by atoms with E-state index < -0.39 is 0 Å². The quantitative estimate of drug-likeness (QED) is 0.584. The van der Waals surface area contributed by atoms with Crippen LogP contribution in [0.5, 0.6) is 0 Å². The summed E-state index contributed by atoms with van der Waals surface area (Å²) >= 11 is 0. The van der Waals surface area contributed by atoms with Crippen LogP contribution in [0.2, 0.25) is 0 Å². The van der Waals surface area contributed by atoms with Gasteiger partial charge in [0.2, 0.25) is 0 Å². The largest absolute Gasteiger partial charge is 0.308 e. The maximum absolute atomic E-state index is 3.00. The fourth-order valence-electron chi connectivity index (χ4n) is 0.721. The fourth-order valence-corrected chi connectivity index (χ4v) is 0.721. The van der Waals surface area contributed by atoms with Crippen molar-refractivity contribution in [3.05, 3.63) is 57.0 Å². The molecule has 1 rings (SSSR count). The minimum atomic E-state index is 0. The molecule has 0 heterocycles. The first-order valence-corrected chi connectivity index (χ1v) is 5.59. The first-order valence-electron chi connectivity index (χ1n) is 5.59. The summed E-state index contributed by atoms with van der Waals surface area (Å²) in [6.45, 7) is 14.3. The topological polar surface area (TPSA) is 6.48 Å². The molecule has 0 saturated heterocycles. The van der Waals surface area contributed by atoms with Gasteiger partial charge in [-0.25, -0.2) is 0 Å². The standard InChI is InChI=1S/C6H16N2.C5H5.2C2H4.Fe.Li/c1-7(2)5-6-8(3)4;1-2-4-5-3-1;2*1-2;;/h5-6H2,1-4H3;1-5H;2*1-2H2;;. The van der Waals surface area contributed by atoms with Gasteiger partial charge in [-0.15, -0.1) is 26.3 Å². The van der Waals surface area contributed by atoms with E-state index in [4.69, 9.17) is 0 Å². The number of hydrogen-bond donors (Lipinski definition) is 0. The Labute approximate surface area is 144 Å². The summed E-state index contributed by atoms with van der Waals surface area (Å²) in [5, 5.41) is 0. The van der Waals surface area contributed by atoms with E-state index in [1.54, 1.807) is 0 Å². The van der Waals surface area contributed by atoms with E-state index in [9.17, 15) is 0 Å². The van der Waals surface area contributed by atoms with Crippen molar-refractivity contribution in [1.29, 1.82) is 0 Å². The van der Waals surface area contributed by atoms with E-state index in [1.165, 1.54) is 0 Å². The van der Waals surface area contributed by atoms with E-state index >= 15 is 0 Å². The van der Waals surface area contributed by atoms with Crippen LogP contribution in [-0.2, 0) is 17.1 Å². The Bertz CT molecular complexity index is 173. The third-order valence-corrected chi connectivity index (χ3v) is 1.55. The third kappa shape index (κ3) is 46.1. The van der Waals surface area contributed by atoms with Gasteiger partial charge in [0.25, 0.3) is 0 Å².